The van der Waals surface area contributed by atoms with E-state index in [1.807, 2.05) is 24.3 Å². The zero-order valence-corrected chi connectivity index (χ0v) is 15.4. The topological polar surface area (TPSA) is 70.6 Å². The van der Waals surface area contributed by atoms with Crippen LogP contribution in [0.2, 0.25) is 5.02 Å². The Morgan fingerprint density at radius 1 is 1.15 bits per heavy atom. The van der Waals surface area contributed by atoms with Crippen LogP contribution in [0.15, 0.2) is 36.4 Å². The molecular weight excluding hydrogens is 354 g/mol. The Labute approximate surface area is 157 Å². The summed E-state index contributed by atoms with van der Waals surface area (Å²) in [6.45, 7) is 4.34. The van der Waals surface area contributed by atoms with Crippen LogP contribution in [0.1, 0.15) is 10.5 Å². The third-order valence-corrected chi connectivity index (χ3v) is 4.49. The molecule has 0 atom stereocenters. The van der Waals surface area contributed by atoms with Crippen LogP contribution >= 0.6 is 11.6 Å². The zero-order chi connectivity index (χ0) is 18.4. The summed E-state index contributed by atoms with van der Waals surface area (Å²) in [5.74, 6) is 0.538. The number of anilines is 2. The van der Waals surface area contributed by atoms with E-state index in [0.717, 1.165) is 42.7 Å². The van der Waals surface area contributed by atoms with Crippen molar-refractivity contribution in [3.05, 3.63) is 47.1 Å². The molecule has 0 aliphatic carbocycles. The highest BCUT2D eigenvalue weighted by molar-refractivity contribution is 6.30. The van der Waals surface area contributed by atoms with Gasteiger partial charge in [-0.3, -0.25) is 4.79 Å². The first kappa shape index (κ1) is 18.4. The van der Waals surface area contributed by atoms with Crippen LogP contribution in [0.4, 0.5) is 11.5 Å². The van der Waals surface area contributed by atoms with Gasteiger partial charge in [-0.15, -0.1) is 10.2 Å². The number of nitrogens with zero attached hydrogens (tertiary/aromatic N) is 4. The number of piperazine rings is 1. The number of benzene rings is 1. The fraction of sp³-hybridized carbons (Fsp3) is 0.389. The molecule has 1 saturated heterocycles. The Morgan fingerprint density at radius 2 is 1.92 bits per heavy atom. The van der Waals surface area contributed by atoms with E-state index in [4.69, 9.17) is 16.3 Å². The number of amides is 1. The third kappa shape index (κ3) is 4.62. The first-order valence-electron chi connectivity index (χ1n) is 8.53. The Balaban J connectivity index is 1.55. The Bertz CT molecular complexity index is 733. The van der Waals surface area contributed by atoms with Crippen molar-refractivity contribution >= 4 is 29.0 Å². The number of nitrogens with one attached hydrogen (secondary N) is 1. The van der Waals surface area contributed by atoms with Crippen molar-refractivity contribution in [3.63, 3.8) is 0 Å². The number of halogens is 1. The summed E-state index contributed by atoms with van der Waals surface area (Å²) in [6, 6.07) is 11.4. The van der Waals surface area contributed by atoms with Crippen molar-refractivity contribution < 1.29 is 9.53 Å². The van der Waals surface area contributed by atoms with E-state index in [1.165, 1.54) is 0 Å². The molecule has 1 aromatic heterocycles. The Hall–Kier alpha value is -2.38. The van der Waals surface area contributed by atoms with Gasteiger partial charge in [-0.1, -0.05) is 17.7 Å². The summed E-state index contributed by atoms with van der Waals surface area (Å²) in [6.07, 6.45) is 0. The monoisotopic (exact) mass is 375 g/mol. The van der Waals surface area contributed by atoms with Crippen LogP contribution in [-0.2, 0) is 4.74 Å². The van der Waals surface area contributed by atoms with Crippen LogP contribution in [0.5, 0.6) is 0 Å². The van der Waals surface area contributed by atoms with Crippen molar-refractivity contribution in [1.29, 1.82) is 0 Å². The minimum absolute atomic E-state index is 0.244. The first-order valence-corrected chi connectivity index (χ1v) is 8.91. The lowest BCUT2D eigenvalue weighted by Gasteiger charge is -2.36. The number of ether oxygens (including phenoxy) is 1. The molecule has 7 nitrogen and oxygen atoms in total. The molecule has 1 aliphatic heterocycles. The molecule has 0 bridgehead atoms. The van der Waals surface area contributed by atoms with Gasteiger partial charge < -0.3 is 19.9 Å². The van der Waals surface area contributed by atoms with Crippen LogP contribution < -0.4 is 15.1 Å². The molecule has 138 valence electrons. The predicted octanol–water partition coefficient (Wildman–Crippen LogP) is 1.83. The molecule has 2 aromatic rings. The molecule has 1 fully saturated rings. The average Bonchev–Trinajstić information content (AvgIpc) is 2.68. The average molecular weight is 376 g/mol. The molecular formula is C18H22ClN5O2. The fourth-order valence-electron chi connectivity index (χ4n) is 2.84. The number of rotatable bonds is 6. The van der Waals surface area contributed by atoms with Crippen LogP contribution in [0.3, 0.4) is 0 Å². The molecule has 0 radical (unpaired) electrons. The summed E-state index contributed by atoms with van der Waals surface area (Å²) in [5.41, 5.74) is 1.44. The van der Waals surface area contributed by atoms with Gasteiger partial charge >= 0.3 is 0 Å². The van der Waals surface area contributed by atoms with Gasteiger partial charge in [0.1, 0.15) is 0 Å². The lowest BCUT2D eigenvalue weighted by Crippen LogP contribution is -2.47. The van der Waals surface area contributed by atoms with Gasteiger partial charge in [-0.05, 0) is 30.3 Å². The smallest absolute Gasteiger partial charge is 0.271 e. The summed E-state index contributed by atoms with van der Waals surface area (Å²) in [4.78, 5) is 16.4. The summed E-state index contributed by atoms with van der Waals surface area (Å²) >= 11 is 6.07. The lowest BCUT2D eigenvalue weighted by molar-refractivity contribution is 0.0931. The molecule has 0 spiro atoms. The molecule has 26 heavy (non-hydrogen) atoms. The normalized spacial score (nSPS) is 14.4. The molecule has 1 amide bonds. The SMILES string of the molecule is COCCNC(=O)c1ccc(N2CCN(c3cccc(Cl)c3)CC2)nn1. The molecule has 1 aliphatic rings. The van der Waals surface area contributed by atoms with Crippen molar-refractivity contribution in [1.82, 2.24) is 15.5 Å². The number of carbonyl (C=O) groups excluding carboxylic acids is 1. The van der Waals surface area contributed by atoms with E-state index in [9.17, 15) is 4.79 Å². The zero-order valence-electron chi connectivity index (χ0n) is 14.7. The largest absolute Gasteiger partial charge is 0.383 e. The van der Waals surface area contributed by atoms with E-state index in [0.29, 0.717) is 18.8 Å². The first-order chi connectivity index (χ1) is 12.7. The van der Waals surface area contributed by atoms with Crippen LogP contribution in [0, 0.1) is 0 Å². The Kier molecular flexibility index (Phi) is 6.25. The number of carbonyl (C=O) groups is 1. The van der Waals surface area contributed by atoms with Gasteiger partial charge in [0.2, 0.25) is 0 Å². The van der Waals surface area contributed by atoms with Gasteiger partial charge in [0.25, 0.3) is 5.91 Å². The molecule has 1 aromatic carbocycles. The second-order valence-corrected chi connectivity index (χ2v) is 6.42. The van der Waals surface area contributed by atoms with Crippen LogP contribution in [-0.4, -0.2) is 62.5 Å². The number of hydrogen-bond acceptors (Lipinski definition) is 6. The van der Waals surface area contributed by atoms with Crippen molar-refractivity contribution in [3.8, 4) is 0 Å². The fourth-order valence-corrected chi connectivity index (χ4v) is 3.02. The number of hydrogen-bond donors (Lipinski definition) is 1. The molecule has 1 N–H and O–H groups in total. The third-order valence-electron chi connectivity index (χ3n) is 4.25. The van der Waals surface area contributed by atoms with Gasteiger partial charge in [0.15, 0.2) is 11.5 Å². The number of methoxy groups -OCH3 is 1. The second-order valence-electron chi connectivity index (χ2n) is 5.98. The van der Waals surface area contributed by atoms with Gasteiger partial charge in [0, 0.05) is 50.5 Å². The second kappa shape index (κ2) is 8.82. The van der Waals surface area contributed by atoms with Crippen molar-refractivity contribution in [2.75, 3.05) is 56.2 Å². The maximum Gasteiger partial charge on any atom is 0.271 e. The summed E-state index contributed by atoms with van der Waals surface area (Å²) < 4.78 is 4.90. The van der Waals surface area contributed by atoms with Gasteiger partial charge in [0.05, 0.1) is 6.61 Å². The van der Waals surface area contributed by atoms with E-state index in [-0.39, 0.29) is 5.91 Å². The van der Waals surface area contributed by atoms with Crippen molar-refractivity contribution in [2.45, 2.75) is 0 Å². The highest BCUT2D eigenvalue weighted by atomic mass is 35.5. The van der Waals surface area contributed by atoms with Gasteiger partial charge in [-0.2, -0.15) is 0 Å². The molecule has 3 rings (SSSR count). The lowest BCUT2D eigenvalue weighted by atomic mass is 10.2. The summed E-state index contributed by atoms with van der Waals surface area (Å²) in [5, 5.41) is 11.7. The maximum atomic E-state index is 11.9. The number of aromatic nitrogens is 2. The highest BCUT2D eigenvalue weighted by Crippen LogP contribution is 2.22. The van der Waals surface area contributed by atoms with Gasteiger partial charge in [-0.25, -0.2) is 0 Å². The summed E-state index contributed by atoms with van der Waals surface area (Å²) in [7, 11) is 1.59. The van der Waals surface area contributed by atoms with E-state index < -0.39 is 0 Å². The molecule has 0 saturated carbocycles. The quantitative estimate of drug-likeness (QED) is 0.777. The maximum absolute atomic E-state index is 11.9. The van der Waals surface area contributed by atoms with E-state index in [2.05, 4.69) is 31.4 Å². The predicted molar refractivity (Wildman–Crippen MR) is 102 cm³/mol. The molecule has 0 unspecified atom stereocenters. The van der Waals surface area contributed by atoms with Crippen molar-refractivity contribution in [2.24, 2.45) is 0 Å². The van der Waals surface area contributed by atoms with E-state index in [1.54, 1.807) is 13.2 Å². The Morgan fingerprint density at radius 3 is 2.58 bits per heavy atom. The molecule has 2 heterocycles. The molecule has 8 heteroatoms. The van der Waals surface area contributed by atoms with Crippen LogP contribution in [0.25, 0.3) is 0 Å². The van der Waals surface area contributed by atoms with E-state index >= 15 is 0 Å². The standard InChI is InChI=1S/C18H22ClN5O2/c1-26-12-7-20-18(25)16-5-6-17(22-21-16)24-10-8-23(9-11-24)15-4-2-3-14(19)13-15/h2-6,13H,7-12H2,1H3,(H,20,25). The highest BCUT2D eigenvalue weighted by Gasteiger charge is 2.19. The minimum Gasteiger partial charge on any atom is -0.383 e. The minimum atomic E-state index is -0.244.